The largest absolute Gasteiger partial charge is 0.367 e. The quantitative estimate of drug-likeness (QED) is 0.854. The molecule has 0 unspecified atom stereocenters. The molecule has 1 aliphatic rings. The summed E-state index contributed by atoms with van der Waals surface area (Å²) in [6, 6.07) is 0. The van der Waals surface area contributed by atoms with Gasteiger partial charge in [-0.05, 0) is 27.2 Å². The van der Waals surface area contributed by atoms with E-state index in [1.807, 2.05) is 43.5 Å². The number of hydrogen-bond acceptors (Lipinski definition) is 5. The van der Waals surface area contributed by atoms with E-state index in [4.69, 9.17) is 9.26 Å². The van der Waals surface area contributed by atoms with Crippen LogP contribution in [0.5, 0.6) is 0 Å². The molecule has 0 aromatic carbocycles. The molecule has 24 heavy (non-hydrogen) atoms. The molecule has 0 aliphatic carbocycles. The minimum atomic E-state index is -0.166. The lowest BCUT2D eigenvalue weighted by Gasteiger charge is -2.32. The monoisotopic (exact) mass is 332 g/mol. The third-order valence-corrected chi connectivity index (χ3v) is 4.51. The molecule has 7 heteroatoms. The van der Waals surface area contributed by atoms with E-state index < -0.39 is 0 Å². The maximum atomic E-state index is 12.6. The standard InChI is InChI=1S/C17H24N4O3/c1-11-9-20(4)17(18-11)15-10-21(7-8-23-15)16(22)6-5-14-12(2)19-24-13(14)3/h9,15H,5-8,10H2,1-4H3/t15-/m0/s1. The van der Waals surface area contributed by atoms with Gasteiger partial charge in [-0.15, -0.1) is 0 Å². The van der Waals surface area contributed by atoms with Gasteiger partial charge in [0.1, 0.15) is 17.7 Å². The van der Waals surface area contributed by atoms with E-state index >= 15 is 0 Å². The molecule has 130 valence electrons. The molecule has 1 amide bonds. The Balaban J connectivity index is 1.62. The maximum absolute atomic E-state index is 12.6. The minimum Gasteiger partial charge on any atom is -0.367 e. The summed E-state index contributed by atoms with van der Waals surface area (Å²) in [5.74, 6) is 1.80. The highest BCUT2D eigenvalue weighted by Gasteiger charge is 2.28. The Labute approximate surface area is 141 Å². The first-order valence-electron chi connectivity index (χ1n) is 8.26. The van der Waals surface area contributed by atoms with Gasteiger partial charge in [-0.3, -0.25) is 4.79 Å². The summed E-state index contributed by atoms with van der Waals surface area (Å²) in [4.78, 5) is 19.0. The zero-order chi connectivity index (χ0) is 17.3. The summed E-state index contributed by atoms with van der Waals surface area (Å²) < 4.78 is 13.0. The average Bonchev–Trinajstić information content (AvgIpc) is 3.07. The van der Waals surface area contributed by atoms with E-state index in [0.717, 1.165) is 28.5 Å². The minimum absolute atomic E-state index is 0.134. The van der Waals surface area contributed by atoms with Gasteiger partial charge in [0.2, 0.25) is 5.91 Å². The lowest BCUT2D eigenvalue weighted by atomic mass is 10.1. The van der Waals surface area contributed by atoms with Gasteiger partial charge < -0.3 is 18.7 Å². The van der Waals surface area contributed by atoms with E-state index in [1.165, 1.54) is 0 Å². The van der Waals surface area contributed by atoms with Crippen LogP contribution in [0, 0.1) is 20.8 Å². The van der Waals surface area contributed by atoms with Gasteiger partial charge in [-0.1, -0.05) is 5.16 Å². The Morgan fingerprint density at radius 3 is 2.79 bits per heavy atom. The highest BCUT2D eigenvalue weighted by atomic mass is 16.5. The molecule has 0 spiro atoms. The maximum Gasteiger partial charge on any atom is 0.223 e. The van der Waals surface area contributed by atoms with E-state index in [0.29, 0.717) is 32.5 Å². The van der Waals surface area contributed by atoms with E-state index in [-0.39, 0.29) is 12.0 Å². The smallest absolute Gasteiger partial charge is 0.223 e. The lowest BCUT2D eigenvalue weighted by molar-refractivity contribution is -0.139. The summed E-state index contributed by atoms with van der Waals surface area (Å²) in [5.41, 5.74) is 2.86. The molecule has 3 heterocycles. The fourth-order valence-electron chi connectivity index (χ4n) is 3.21. The van der Waals surface area contributed by atoms with Crippen molar-refractivity contribution in [2.45, 2.75) is 39.7 Å². The van der Waals surface area contributed by atoms with Crippen molar-refractivity contribution >= 4 is 5.91 Å². The molecule has 0 radical (unpaired) electrons. The van der Waals surface area contributed by atoms with Crippen LogP contribution in [0.1, 0.15) is 41.1 Å². The van der Waals surface area contributed by atoms with Crippen LogP contribution in [0.4, 0.5) is 0 Å². The Kier molecular flexibility index (Phi) is 4.71. The Bertz CT molecular complexity index is 715. The molecule has 1 atom stereocenters. The summed E-state index contributed by atoms with van der Waals surface area (Å²) in [6.07, 6.45) is 2.91. The Morgan fingerprint density at radius 1 is 1.38 bits per heavy atom. The lowest BCUT2D eigenvalue weighted by Crippen LogP contribution is -2.43. The van der Waals surface area contributed by atoms with Crippen molar-refractivity contribution in [3.63, 3.8) is 0 Å². The van der Waals surface area contributed by atoms with Crippen LogP contribution in [-0.4, -0.2) is 45.2 Å². The van der Waals surface area contributed by atoms with Crippen molar-refractivity contribution in [3.8, 4) is 0 Å². The second-order valence-corrected chi connectivity index (χ2v) is 6.35. The number of morpholine rings is 1. The van der Waals surface area contributed by atoms with Gasteiger partial charge in [-0.2, -0.15) is 0 Å². The fourth-order valence-corrected chi connectivity index (χ4v) is 3.21. The van der Waals surface area contributed by atoms with Crippen LogP contribution in [0.25, 0.3) is 0 Å². The first-order valence-corrected chi connectivity index (χ1v) is 8.26. The Hall–Kier alpha value is -2.15. The number of hydrogen-bond donors (Lipinski definition) is 0. The summed E-state index contributed by atoms with van der Waals surface area (Å²) in [5, 5.41) is 3.94. The molecular formula is C17H24N4O3. The van der Waals surface area contributed by atoms with Crippen molar-refractivity contribution < 1.29 is 14.1 Å². The van der Waals surface area contributed by atoms with Gasteiger partial charge in [-0.25, -0.2) is 4.98 Å². The zero-order valence-corrected chi connectivity index (χ0v) is 14.7. The number of rotatable bonds is 4. The first kappa shape index (κ1) is 16.7. The van der Waals surface area contributed by atoms with Crippen LogP contribution in [-0.2, 0) is 23.0 Å². The Morgan fingerprint density at radius 2 is 2.17 bits per heavy atom. The van der Waals surface area contributed by atoms with Crippen molar-refractivity contribution in [3.05, 3.63) is 34.7 Å². The van der Waals surface area contributed by atoms with Gasteiger partial charge in [0.25, 0.3) is 0 Å². The van der Waals surface area contributed by atoms with Crippen molar-refractivity contribution in [2.75, 3.05) is 19.7 Å². The van der Waals surface area contributed by atoms with Crippen molar-refractivity contribution in [1.82, 2.24) is 19.6 Å². The number of ether oxygens (including phenoxy) is 1. The molecule has 1 saturated heterocycles. The average molecular weight is 332 g/mol. The number of imidazole rings is 1. The molecule has 7 nitrogen and oxygen atoms in total. The highest BCUT2D eigenvalue weighted by Crippen LogP contribution is 2.22. The molecule has 1 fully saturated rings. The van der Waals surface area contributed by atoms with Crippen molar-refractivity contribution in [1.29, 1.82) is 0 Å². The summed E-state index contributed by atoms with van der Waals surface area (Å²) >= 11 is 0. The molecule has 2 aromatic heterocycles. The SMILES string of the molecule is Cc1cn(C)c([C@@H]2CN(C(=O)CCc3c(C)noc3C)CCO2)n1. The van der Waals surface area contributed by atoms with Crippen molar-refractivity contribution in [2.24, 2.45) is 7.05 Å². The van der Waals surface area contributed by atoms with E-state index in [1.54, 1.807) is 0 Å². The number of aromatic nitrogens is 3. The third kappa shape index (κ3) is 3.36. The predicted octanol–water partition coefficient (Wildman–Crippen LogP) is 1.87. The number of amides is 1. The van der Waals surface area contributed by atoms with Gasteiger partial charge in [0, 0.05) is 31.8 Å². The molecular weight excluding hydrogens is 308 g/mol. The predicted molar refractivity (Wildman–Crippen MR) is 87.5 cm³/mol. The molecule has 0 bridgehead atoms. The van der Waals surface area contributed by atoms with Crippen LogP contribution >= 0.6 is 0 Å². The van der Waals surface area contributed by atoms with Gasteiger partial charge in [0.05, 0.1) is 24.5 Å². The number of nitrogens with zero attached hydrogens (tertiary/aromatic N) is 4. The molecule has 1 aliphatic heterocycles. The molecule has 0 saturated carbocycles. The van der Waals surface area contributed by atoms with Crippen LogP contribution < -0.4 is 0 Å². The normalized spacial score (nSPS) is 18.2. The van der Waals surface area contributed by atoms with Crippen LogP contribution in [0.15, 0.2) is 10.7 Å². The zero-order valence-electron chi connectivity index (χ0n) is 14.7. The first-order chi connectivity index (χ1) is 11.5. The van der Waals surface area contributed by atoms with E-state index in [9.17, 15) is 4.79 Å². The molecule has 2 aromatic rings. The number of carbonyl (C=O) groups excluding carboxylic acids is 1. The van der Waals surface area contributed by atoms with E-state index in [2.05, 4.69) is 10.1 Å². The second kappa shape index (κ2) is 6.76. The fraction of sp³-hybridized carbons (Fsp3) is 0.588. The molecule has 0 N–H and O–H groups in total. The summed E-state index contributed by atoms with van der Waals surface area (Å²) in [7, 11) is 1.96. The summed E-state index contributed by atoms with van der Waals surface area (Å²) in [6.45, 7) is 7.45. The van der Waals surface area contributed by atoms with Crippen LogP contribution in [0.3, 0.4) is 0 Å². The topological polar surface area (TPSA) is 73.4 Å². The third-order valence-electron chi connectivity index (χ3n) is 4.51. The second-order valence-electron chi connectivity index (χ2n) is 6.35. The van der Waals surface area contributed by atoms with Gasteiger partial charge in [0.15, 0.2) is 0 Å². The molecule has 3 rings (SSSR count). The van der Waals surface area contributed by atoms with Crippen LogP contribution in [0.2, 0.25) is 0 Å². The number of carbonyl (C=O) groups is 1. The highest BCUT2D eigenvalue weighted by molar-refractivity contribution is 5.76. The van der Waals surface area contributed by atoms with Gasteiger partial charge >= 0.3 is 0 Å². The number of aryl methyl sites for hydroxylation is 4.